The van der Waals surface area contributed by atoms with Crippen molar-refractivity contribution in [1.29, 1.82) is 0 Å². The van der Waals surface area contributed by atoms with Crippen molar-refractivity contribution in [1.82, 2.24) is 9.62 Å². The second kappa shape index (κ2) is 8.04. The lowest BCUT2D eigenvalue weighted by Crippen LogP contribution is -2.41. The number of carboxylic acid groups (broad SMARTS) is 1. The summed E-state index contributed by atoms with van der Waals surface area (Å²) in [6, 6.07) is 0. The highest BCUT2D eigenvalue weighted by atomic mass is 32.2. The SMILES string of the molecule is CCNC(=O)CN(CC)S(=O)(=O)CCCC(=O)O. The van der Waals surface area contributed by atoms with Gasteiger partial charge in [-0.3, -0.25) is 9.59 Å². The van der Waals surface area contributed by atoms with Gasteiger partial charge in [-0.15, -0.1) is 0 Å². The zero-order valence-corrected chi connectivity index (χ0v) is 11.5. The average molecular weight is 280 g/mol. The molecule has 0 aliphatic rings. The molecular formula is C10H20N2O5S. The van der Waals surface area contributed by atoms with Gasteiger partial charge in [0.05, 0.1) is 12.3 Å². The summed E-state index contributed by atoms with van der Waals surface area (Å²) in [5.41, 5.74) is 0. The van der Waals surface area contributed by atoms with Crippen LogP contribution in [0.3, 0.4) is 0 Å². The number of likely N-dealkylation sites (N-methyl/N-ethyl adjacent to an activating group) is 2. The standard InChI is InChI=1S/C10H20N2O5S/c1-3-11-9(13)8-12(4-2)18(16,17)7-5-6-10(14)15/h3-8H2,1-2H3,(H,11,13)(H,14,15). The molecule has 18 heavy (non-hydrogen) atoms. The van der Waals surface area contributed by atoms with Gasteiger partial charge in [-0.2, -0.15) is 4.31 Å². The van der Waals surface area contributed by atoms with Crippen LogP contribution in [0.5, 0.6) is 0 Å². The van der Waals surface area contributed by atoms with Crippen molar-refractivity contribution in [3.8, 4) is 0 Å². The molecule has 0 fully saturated rings. The Balaban J connectivity index is 4.42. The maximum atomic E-state index is 11.8. The van der Waals surface area contributed by atoms with Crippen LogP contribution in [-0.4, -0.2) is 55.1 Å². The third-order valence-electron chi connectivity index (χ3n) is 2.23. The average Bonchev–Trinajstić information content (AvgIpc) is 2.25. The van der Waals surface area contributed by atoms with Gasteiger partial charge >= 0.3 is 5.97 Å². The molecule has 0 radical (unpaired) electrons. The topological polar surface area (TPSA) is 104 Å². The summed E-state index contributed by atoms with van der Waals surface area (Å²) < 4.78 is 24.7. The minimum absolute atomic E-state index is 0.0452. The Morgan fingerprint density at radius 1 is 1.28 bits per heavy atom. The van der Waals surface area contributed by atoms with Crippen LogP contribution in [0.2, 0.25) is 0 Å². The largest absolute Gasteiger partial charge is 0.481 e. The first-order valence-corrected chi connectivity index (χ1v) is 7.40. The molecule has 7 nitrogen and oxygen atoms in total. The van der Waals surface area contributed by atoms with Crippen molar-refractivity contribution in [2.24, 2.45) is 0 Å². The molecule has 0 aromatic rings. The van der Waals surface area contributed by atoms with Gasteiger partial charge in [0.1, 0.15) is 0 Å². The van der Waals surface area contributed by atoms with E-state index in [2.05, 4.69) is 5.32 Å². The van der Waals surface area contributed by atoms with Crippen LogP contribution in [-0.2, 0) is 19.6 Å². The molecule has 1 amide bonds. The number of carbonyl (C=O) groups excluding carboxylic acids is 1. The van der Waals surface area contributed by atoms with Gasteiger partial charge < -0.3 is 10.4 Å². The number of nitrogens with zero attached hydrogens (tertiary/aromatic N) is 1. The fraction of sp³-hybridized carbons (Fsp3) is 0.800. The summed E-state index contributed by atoms with van der Waals surface area (Å²) in [7, 11) is -3.57. The molecule has 0 saturated heterocycles. The van der Waals surface area contributed by atoms with E-state index in [1.54, 1.807) is 13.8 Å². The highest BCUT2D eigenvalue weighted by Crippen LogP contribution is 2.04. The maximum Gasteiger partial charge on any atom is 0.303 e. The fourth-order valence-electron chi connectivity index (χ4n) is 1.35. The van der Waals surface area contributed by atoms with Crippen molar-refractivity contribution in [3.05, 3.63) is 0 Å². The predicted octanol–water partition coefficient (Wildman–Crippen LogP) is -0.361. The van der Waals surface area contributed by atoms with Crippen molar-refractivity contribution < 1.29 is 23.1 Å². The molecule has 0 aromatic carbocycles. The van der Waals surface area contributed by atoms with Crippen LogP contribution in [0.25, 0.3) is 0 Å². The monoisotopic (exact) mass is 280 g/mol. The molecule has 0 aliphatic heterocycles. The molecule has 0 unspecified atom stereocenters. The normalized spacial score (nSPS) is 11.5. The van der Waals surface area contributed by atoms with E-state index in [1.807, 2.05) is 0 Å². The number of aliphatic carboxylic acids is 1. The molecule has 0 aliphatic carbocycles. The highest BCUT2D eigenvalue weighted by Gasteiger charge is 2.22. The first kappa shape index (κ1) is 16.9. The molecule has 0 heterocycles. The van der Waals surface area contributed by atoms with Gasteiger partial charge in [0, 0.05) is 19.5 Å². The van der Waals surface area contributed by atoms with Crippen LogP contribution in [0.4, 0.5) is 0 Å². The Hall–Kier alpha value is -1.15. The van der Waals surface area contributed by atoms with E-state index < -0.39 is 16.0 Å². The lowest BCUT2D eigenvalue weighted by Gasteiger charge is -2.19. The smallest absolute Gasteiger partial charge is 0.303 e. The van der Waals surface area contributed by atoms with E-state index in [4.69, 9.17) is 5.11 Å². The lowest BCUT2D eigenvalue weighted by molar-refractivity contribution is -0.137. The molecule has 0 bridgehead atoms. The fourth-order valence-corrected chi connectivity index (χ4v) is 2.83. The van der Waals surface area contributed by atoms with Gasteiger partial charge in [0.15, 0.2) is 0 Å². The third-order valence-corrected chi connectivity index (χ3v) is 4.21. The number of carbonyl (C=O) groups is 2. The van der Waals surface area contributed by atoms with E-state index >= 15 is 0 Å². The molecule has 0 aromatic heterocycles. The molecular weight excluding hydrogens is 260 g/mol. The number of hydrogen-bond acceptors (Lipinski definition) is 4. The maximum absolute atomic E-state index is 11.8. The summed E-state index contributed by atoms with van der Waals surface area (Å²) in [6.07, 6.45) is -0.151. The van der Waals surface area contributed by atoms with Crippen LogP contribution in [0.1, 0.15) is 26.7 Å². The number of nitrogens with one attached hydrogen (secondary N) is 1. The number of hydrogen-bond donors (Lipinski definition) is 2. The second-order valence-electron chi connectivity index (χ2n) is 3.69. The lowest BCUT2D eigenvalue weighted by atomic mass is 10.3. The van der Waals surface area contributed by atoms with Crippen LogP contribution < -0.4 is 5.32 Å². The quantitative estimate of drug-likeness (QED) is 0.600. The molecule has 0 saturated carbocycles. The molecule has 2 N–H and O–H groups in total. The molecule has 0 spiro atoms. The van der Waals surface area contributed by atoms with Crippen LogP contribution in [0, 0.1) is 0 Å². The summed E-state index contributed by atoms with van der Waals surface area (Å²) in [5.74, 6) is -1.65. The van der Waals surface area contributed by atoms with Crippen molar-refractivity contribution >= 4 is 21.9 Å². The Labute approximate surface area is 107 Å². The Kier molecular flexibility index (Phi) is 7.53. The molecule has 106 valence electrons. The van der Waals surface area contributed by atoms with Crippen LogP contribution in [0.15, 0.2) is 0 Å². The van der Waals surface area contributed by atoms with E-state index in [9.17, 15) is 18.0 Å². The zero-order valence-electron chi connectivity index (χ0n) is 10.7. The van der Waals surface area contributed by atoms with E-state index in [0.717, 1.165) is 4.31 Å². The highest BCUT2D eigenvalue weighted by molar-refractivity contribution is 7.89. The van der Waals surface area contributed by atoms with E-state index in [-0.39, 0.29) is 37.6 Å². The Bertz CT molecular complexity index is 380. The van der Waals surface area contributed by atoms with E-state index in [0.29, 0.717) is 6.54 Å². The van der Waals surface area contributed by atoms with Gasteiger partial charge in [-0.1, -0.05) is 6.92 Å². The first-order chi connectivity index (χ1) is 8.33. The van der Waals surface area contributed by atoms with Crippen LogP contribution >= 0.6 is 0 Å². The first-order valence-electron chi connectivity index (χ1n) is 5.79. The van der Waals surface area contributed by atoms with Gasteiger partial charge in [-0.25, -0.2) is 8.42 Å². The molecule has 0 rings (SSSR count). The van der Waals surface area contributed by atoms with Crippen molar-refractivity contribution in [3.63, 3.8) is 0 Å². The summed E-state index contributed by atoms with van der Waals surface area (Å²) in [6.45, 7) is 3.78. The van der Waals surface area contributed by atoms with Crippen molar-refractivity contribution in [2.75, 3.05) is 25.4 Å². The summed E-state index contributed by atoms with van der Waals surface area (Å²) in [4.78, 5) is 21.6. The van der Waals surface area contributed by atoms with Gasteiger partial charge in [-0.05, 0) is 13.3 Å². The molecule has 8 heteroatoms. The zero-order chi connectivity index (χ0) is 14.2. The predicted molar refractivity (Wildman–Crippen MR) is 66.6 cm³/mol. The number of carboxylic acids is 1. The Morgan fingerprint density at radius 3 is 2.33 bits per heavy atom. The molecule has 0 atom stereocenters. The second-order valence-corrected chi connectivity index (χ2v) is 5.78. The number of rotatable bonds is 9. The number of sulfonamides is 1. The minimum atomic E-state index is -3.57. The van der Waals surface area contributed by atoms with E-state index in [1.165, 1.54) is 0 Å². The van der Waals surface area contributed by atoms with Gasteiger partial charge in [0.25, 0.3) is 0 Å². The third kappa shape index (κ3) is 6.55. The van der Waals surface area contributed by atoms with Gasteiger partial charge in [0.2, 0.25) is 15.9 Å². The summed E-state index contributed by atoms with van der Waals surface area (Å²) >= 11 is 0. The number of amides is 1. The van der Waals surface area contributed by atoms with Crippen molar-refractivity contribution in [2.45, 2.75) is 26.7 Å². The Morgan fingerprint density at radius 2 is 1.89 bits per heavy atom. The summed E-state index contributed by atoms with van der Waals surface area (Å²) in [5, 5.41) is 11.0. The minimum Gasteiger partial charge on any atom is -0.481 e.